The largest absolute Gasteiger partial charge is 0.349 e. The Kier molecular flexibility index (Phi) is 3.40. The minimum atomic E-state index is -0.134. The summed E-state index contributed by atoms with van der Waals surface area (Å²) in [5.74, 6) is -0.134. The number of para-hydroxylation sites is 1. The molecule has 0 aliphatic carbocycles. The standard InChI is InChI=1S/C20H15N3O/c21-12-17-16-8-4-5-9-18(16)22-19(17)20(24)23-11-10-15(13-23)14-6-2-1-3-7-14/h1-10,22H,11,13H2. The summed E-state index contributed by atoms with van der Waals surface area (Å²) in [6.07, 6.45) is 2.07. The average Bonchev–Trinajstić information content (AvgIpc) is 3.26. The lowest BCUT2D eigenvalue weighted by Gasteiger charge is -2.16. The summed E-state index contributed by atoms with van der Waals surface area (Å²) < 4.78 is 0. The number of amides is 1. The molecular formula is C20H15N3O. The zero-order valence-electron chi connectivity index (χ0n) is 13.0. The van der Waals surface area contributed by atoms with Crippen LogP contribution in [-0.4, -0.2) is 28.9 Å². The Balaban J connectivity index is 1.63. The first-order chi connectivity index (χ1) is 11.8. The first-order valence-electron chi connectivity index (χ1n) is 7.82. The Labute approximate surface area is 139 Å². The van der Waals surface area contributed by atoms with E-state index in [1.54, 1.807) is 4.90 Å². The molecule has 4 heteroatoms. The van der Waals surface area contributed by atoms with Crippen molar-refractivity contribution < 1.29 is 4.79 Å². The van der Waals surface area contributed by atoms with Crippen LogP contribution in [0, 0.1) is 11.3 Å². The number of fused-ring (bicyclic) bond motifs is 1. The fourth-order valence-electron chi connectivity index (χ4n) is 3.15. The number of nitrogens with zero attached hydrogens (tertiary/aromatic N) is 2. The van der Waals surface area contributed by atoms with Gasteiger partial charge in [-0.15, -0.1) is 0 Å². The van der Waals surface area contributed by atoms with Crippen molar-refractivity contribution >= 4 is 22.4 Å². The number of rotatable bonds is 2. The van der Waals surface area contributed by atoms with E-state index in [0.717, 1.165) is 22.0 Å². The number of nitriles is 1. The second-order valence-electron chi connectivity index (χ2n) is 5.81. The van der Waals surface area contributed by atoms with Gasteiger partial charge in [0, 0.05) is 24.0 Å². The summed E-state index contributed by atoms with van der Waals surface area (Å²) in [7, 11) is 0. The minimum Gasteiger partial charge on any atom is -0.349 e. The molecule has 0 saturated carbocycles. The third-order valence-electron chi connectivity index (χ3n) is 4.38. The van der Waals surface area contributed by atoms with E-state index in [1.807, 2.05) is 54.6 Å². The Morgan fingerprint density at radius 3 is 2.62 bits per heavy atom. The molecule has 2 heterocycles. The number of benzene rings is 2. The molecule has 0 bridgehead atoms. The number of aromatic nitrogens is 1. The lowest BCUT2D eigenvalue weighted by Crippen LogP contribution is -2.29. The van der Waals surface area contributed by atoms with Crippen LogP contribution in [0.4, 0.5) is 0 Å². The van der Waals surface area contributed by atoms with Gasteiger partial charge in [-0.1, -0.05) is 54.6 Å². The molecule has 1 aliphatic rings. The van der Waals surface area contributed by atoms with Gasteiger partial charge in [0.15, 0.2) is 0 Å². The number of H-pyrrole nitrogens is 1. The molecule has 24 heavy (non-hydrogen) atoms. The van der Waals surface area contributed by atoms with Gasteiger partial charge >= 0.3 is 0 Å². The molecule has 116 valence electrons. The molecule has 4 nitrogen and oxygen atoms in total. The lowest BCUT2D eigenvalue weighted by molar-refractivity contribution is 0.0796. The molecule has 0 radical (unpaired) electrons. The predicted octanol–water partition coefficient (Wildman–Crippen LogP) is 3.58. The van der Waals surface area contributed by atoms with Crippen LogP contribution in [0.3, 0.4) is 0 Å². The number of aromatic amines is 1. The van der Waals surface area contributed by atoms with Gasteiger partial charge in [-0.25, -0.2) is 0 Å². The van der Waals surface area contributed by atoms with Gasteiger partial charge in [0.25, 0.3) is 5.91 Å². The van der Waals surface area contributed by atoms with E-state index in [9.17, 15) is 10.1 Å². The van der Waals surface area contributed by atoms with Crippen molar-refractivity contribution in [1.82, 2.24) is 9.88 Å². The van der Waals surface area contributed by atoms with Gasteiger partial charge in [0.05, 0.1) is 5.56 Å². The van der Waals surface area contributed by atoms with Crippen molar-refractivity contribution in [3.8, 4) is 6.07 Å². The Bertz CT molecular complexity index is 993. The highest BCUT2D eigenvalue weighted by Gasteiger charge is 2.26. The second-order valence-corrected chi connectivity index (χ2v) is 5.81. The zero-order chi connectivity index (χ0) is 16.5. The lowest BCUT2D eigenvalue weighted by atomic mass is 10.1. The molecule has 0 atom stereocenters. The van der Waals surface area contributed by atoms with E-state index < -0.39 is 0 Å². The Morgan fingerprint density at radius 2 is 1.83 bits per heavy atom. The van der Waals surface area contributed by atoms with Gasteiger partial charge in [-0.3, -0.25) is 4.79 Å². The number of hydrogen-bond acceptors (Lipinski definition) is 2. The van der Waals surface area contributed by atoms with Crippen LogP contribution in [0.2, 0.25) is 0 Å². The maximum atomic E-state index is 12.9. The molecule has 4 rings (SSSR count). The van der Waals surface area contributed by atoms with Crippen molar-refractivity contribution in [2.45, 2.75) is 0 Å². The fraction of sp³-hybridized carbons (Fsp3) is 0.100. The van der Waals surface area contributed by atoms with Crippen LogP contribution in [0.25, 0.3) is 16.5 Å². The van der Waals surface area contributed by atoms with Gasteiger partial charge in [-0.05, 0) is 17.2 Å². The minimum absolute atomic E-state index is 0.134. The van der Waals surface area contributed by atoms with E-state index >= 15 is 0 Å². The first kappa shape index (κ1) is 14.3. The monoisotopic (exact) mass is 313 g/mol. The molecule has 1 N–H and O–H groups in total. The highest BCUT2D eigenvalue weighted by molar-refractivity contribution is 6.03. The molecule has 1 amide bonds. The summed E-state index contributed by atoms with van der Waals surface area (Å²) in [5, 5.41) is 10.3. The number of nitrogens with one attached hydrogen (secondary N) is 1. The first-order valence-corrected chi connectivity index (χ1v) is 7.82. The van der Waals surface area contributed by atoms with E-state index in [-0.39, 0.29) is 5.91 Å². The third kappa shape index (κ3) is 2.27. The van der Waals surface area contributed by atoms with E-state index in [1.165, 1.54) is 0 Å². The van der Waals surface area contributed by atoms with Gasteiger partial charge in [0.1, 0.15) is 11.8 Å². The third-order valence-corrected chi connectivity index (χ3v) is 4.38. The van der Waals surface area contributed by atoms with Crippen molar-refractivity contribution in [3.63, 3.8) is 0 Å². The van der Waals surface area contributed by atoms with E-state index in [0.29, 0.717) is 24.3 Å². The van der Waals surface area contributed by atoms with Crippen LogP contribution < -0.4 is 0 Å². The highest BCUT2D eigenvalue weighted by atomic mass is 16.2. The van der Waals surface area contributed by atoms with Crippen LogP contribution in [0.5, 0.6) is 0 Å². The van der Waals surface area contributed by atoms with Crippen molar-refractivity contribution in [1.29, 1.82) is 5.26 Å². The molecule has 0 spiro atoms. The second kappa shape index (κ2) is 5.71. The quantitative estimate of drug-likeness (QED) is 0.786. The predicted molar refractivity (Wildman–Crippen MR) is 93.3 cm³/mol. The molecule has 3 aromatic rings. The SMILES string of the molecule is N#Cc1c(C(=O)N2CC=C(c3ccccc3)C2)[nH]c2ccccc12. The average molecular weight is 313 g/mol. The van der Waals surface area contributed by atoms with Gasteiger partial charge in [0.2, 0.25) is 0 Å². The van der Waals surface area contributed by atoms with E-state index in [2.05, 4.69) is 17.1 Å². The number of carbonyl (C=O) groups excluding carboxylic acids is 1. The highest BCUT2D eigenvalue weighted by Crippen LogP contribution is 2.26. The maximum absolute atomic E-state index is 12.9. The smallest absolute Gasteiger partial charge is 0.272 e. The number of carbonyl (C=O) groups is 1. The van der Waals surface area contributed by atoms with Crippen LogP contribution >= 0.6 is 0 Å². The zero-order valence-corrected chi connectivity index (χ0v) is 13.0. The Hall–Kier alpha value is -3.32. The number of hydrogen-bond donors (Lipinski definition) is 1. The molecule has 0 unspecified atom stereocenters. The topological polar surface area (TPSA) is 59.9 Å². The van der Waals surface area contributed by atoms with Crippen molar-refractivity contribution in [3.05, 3.63) is 77.5 Å². The van der Waals surface area contributed by atoms with Crippen LogP contribution in [0.1, 0.15) is 21.6 Å². The maximum Gasteiger partial charge on any atom is 0.272 e. The molecule has 1 aromatic heterocycles. The van der Waals surface area contributed by atoms with Gasteiger partial charge < -0.3 is 9.88 Å². The summed E-state index contributed by atoms with van der Waals surface area (Å²) in [6.45, 7) is 1.12. The normalized spacial score (nSPS) is 13.8. The van der Waals surface area contributed by atoms with Crippen LogP contribution in [0.15, 0.2) is 60.7 Å². The summed E-state index contributed by atoms with van der Waals surface area (Å²) >= 11 is 0. The summed E-state index contributed by atoms with van der Waals surface area (Å²) in [6, 6.07) is 19.7. The fourth-order valence-corrected chi connectivity index (χ4v) is 3.15. The summed E-state index contributed by atoms with van der Waals surface area (Å²) in [5.41, 5.74) is 3.88. The molecule has 0 saturated heterocycles. The molecule has 1 aliphatic heterocycles. The van der Waals surface area contributed by atoms with Gasteiger partial charge in [-0.2, -0.15) is 5.26 Å². The summed E-state index contributed by atoms with van der Waals surface area (Å²) in [4.78, 5) is 17.8. The molecule has 2 aromatic carbocycles. The van der Waals surface area contributed by atoms with Crippen molar-refractivity contribution in [2.75, 3.05) is 13.1 Å². The van der Waals surface area contributed by atoms with E-state index in [4.69, 9.17) is 0 Å². The van der Waals surface area contributed by atoms with Crippen LogP contribution in [-0.2, 0) is 0 Å². The van der Waals surface area contributed by atoms with Crippen molar-refractivity contribution in [2.24, 2.45) is 0 Å². The Morgan fingerprint density at radius 1 is 1.08 bits per heavy atom. The molecular weight excluding hydrogens is 298 g/mol. The molecule has 0 fully saturated rings.